The summed E-state index contributed by atoms with van der Waals surface area (Å²) in [6.45, 7) is 4.11. The molecule has 1 saturated heterocycles. The number of halogens is 1. The standard InChI is InChI=1S/C15H20ClN5O2/c1-9-7-21(10(6-17-9)8-23-3)14-13-11(4-5-12(16)18-13)20(2)15(22)19-14/h4-5,9-10,17H,6-8H2,1-3H3/t9-,10-/m1/s1. The Labute approximate surface area is 139 Å². The van der Waals surface area contributed by atoms with Gasteiger partial charge in [-0.05, 0) is 19.1 Å². The molecule has 3 heterocycles. The van der Waals surface area contributed by atoms with Crippen LogP contribution in [0.25, 0.3) is 11.0 Å². The lowest BCUT2D eigenvalue weighted by atomic mass is 10.1. The van der Waals surface area contributed by atoms with Gasteiger partial charge in [0.15, 0.2) is 5.82 Å². The van der Waals surface area contributed by atoms with Crippen LogP contribution in [-0.2, 0) is 11.8 Å². The molecule has 2 aromatic rings. The number of fused-ring (bicyclic) bond motifs is 1. The predicted molar refractivity (Wildman–Crippen MR) is 90.3 cm³/mol. The van der Waals surface area contributed by atoms with Gasteiger partial charge in [-0.3, -0.25) is 4.57 Å². The van der Waals surface area contributed by atoms with Crippen molar-refractivity contribution in [1.29, 1.82) is 0 Å². The fourth-order valence-corrected chi connectivity index (χ4v) is 3.09. The summed E-state index contributed by atoms with van der Waals surface area (Å²) in [6, 6.07) is 3.84. The molecule has 0 aromatic carbocycles. The van der Waals surface area contributed by atoms with Crippen molar-refractivity contribution in [3.8, 4) is 0 Å². The topological polar surface area (TPSA) is 72.3 Å². The van der Waals surface area contributed by atoms with E-state index in [1.54, 1.807) is 26.3 Å². The smallest absolute Gasteiger partial charge is 0.349 e. The van der Waals surface area contributed by atoms with Gasteiger partial charge >= 0.3 is 5.69 Å². The van der Waals surface area contributed by atoms with Crippen molar-refractivity contribution in [2.75, 3.05) is 31.7 Å². The van der Waals surface area contributed by atoms with Gasteiger partial charge in [0, 0.05) is 33.3 Å². The van der Waals surface area contributed by atoms with Crippen molar-refractivity contribution in [3.63, 3.8) is 0 Å². The maximum absolute atomic E-state index is 12.2. The Bertz CT molecular complexity index is 778. The van der Waals surface area contributed by atoms with Crippen LogP contribution in [0, 0.1) is 0 Å². The van der Waals surface area contributed by atoms with Gasteiger partial charge in [0.2, 0.25) is 0 Å². The largest absolute Gasteiger partial charge is 0.383 e. The monoisotopic (exact) mass is 337 g/mol. The molecular weight excluding hydrogens is 318 g/mol. The van der Waals surface area contributed by atoms with E-state index in [1.165, 1.54) is 4.57 Å². The first-order valence-electron chi connectivity index (χ1n) is 7.53. The van der Waals surface area contributed by atoms with Crippen LogP contribution in [0.3, 0.4) is 0 Å². The molecule has 2 atom stereocenters. The third-order valence-electron chi connectivity index (χ3n) is 4.15. The molecule has 0 aliphatic carbocycles. The van der Waals surface area contributed by atoms with Crippen LogP contribution in [0.1, 0.15) is 6.92 Å². The van der Waals surface area contributed by atoms with Crippen LogP contribution in [0.15, 0.2) is 16.9 Å². The third kappa shape index (κ3) is 3.04. The van der Waals surface area contributed by atoms with Crippen molar-refractivity contribution >= 4 is 28.5 Å². The number of nitrogens with zero attached hydrogens (tertiary/aromatic N) is 4. The molecule has 1 aliphatic heterocycles. The highest BCUT2D eigenvalue weighted by atomic mass is 35.5. The van der Waals surface area contributed by atoms with Crippen LogP contribution >= 0.6 is 11.6 Å². The van der Waals surface area contributed by atoms with E-state index in [0.29, 0.717) is 28.6 Å². The van der Waals surface area contributed by atoms with E-state index < -0.39 is 0 Å². The second-order valence-electron chi connectivity index (χ2n) is 5.85. The van der Waals surface area contributed by atoms with E-state index in [9.17, 15) is 4.79 Å². The Hall–Kier alpha value is -1.70. The third-order valence-corrected chi connectivity index (χ3v) is 4.36. The Morgan fingerprint density at radius 2 is 2.22 bits per heavy atom. The Kier molecular flexibility index (Phi) is 4.52. The van der Waals surface area contributed by atoms with Crippen molar-refractivity contribution in [2.24, 2.45) is 7.05 Å². The second-order valence-corrected chi connectivity index (χ2v) is 6.24. The number of aryl methyl sites for hydroxylation is 1. The summed E-state index contributed by atoms with van der Waals surface area (Å²) in [4.78, 5) is 23.0. The molecule has 3 rings (SSSR count). The summed E-state index contributed by atoms with van der Waals surface area (Å²) in [6.07, 6.45) is 0. The van der Waals surface area contributed by atoms with Gasteiger partial charge in [-0.1, -0.05) is 11.6 Å². The second kappa shape index (κ2) is 6.43. The van der Waals surface area contributed by atoms with Crippen molar-refractivity contribution in [1.82, 2.24) is 19.9 Å². The molecule has 2 aromatic heterocycles. The van der Waals surface area contributed by atoms with Gasteiger partial charge in [0.05, 0.1) is 18.2 Å². The lowest BCUT2D eigenvalue weighted by Gasteiger charge is -2.40. The number of pyridine rings is 1. The average Bonchev–Trinajstić information content (AvgIpc) is 2.53. The Morgan fingerprint density at radius 3 is 2.96 bits per heavy atom. The molecule has 0 unspecified atom stereocenters. The van der Waals surface area contributed by atoms with E-state index in [-0.39, 0.29) is 17.8 Å². The fraction of sp³-hybridized carbons (Fsp3) is 0.533. The minimum atomic E-state index is -0.307. The van der Waals surface area contributed by atoms with E-state index in [1.807, 2.05) is 0 Å². The summed E-state index contributed by atoms with van der Waals surface area (Å²) in [5.41, 5.74) is 1.04. The van der Waals surface area contributed by atoms with E-state index in [4.69, 9.17) is 16.3 Å². The zero-order chi connectivity index (χ0) is 16.6. The average molecular weight is 338 g/mol. The van der Waals surface area contributed by atoms with Gasteiger partial charge in [-0.2, -0.15) is 4.98 Å². The number of piperazine rings is 1. The lowest BCUT2D eigenvalue weighted by molar-refractivity contribution is 0.166. The maximum atomic E-state index is 12.2. The van der Waals surface area contributed by atoms with Gasteiger partial charge in [0.1, 0.15) is 10.7 Å². The van der Waals surface area contributed by atoms with Crippen LogP contribution in [-0.4, -0.2) is 53.4 Å². The number of ether oxygens (including phenoxy) is 1. The number of nitrogens with one attached hydrogen (secondary N) is 1. The number of methoxy groups -OCH3 is 1. The van der Waals surface area contributed by atoms with Gasteiger partial charge < -0.3 is 15.0 Å². The number of rotatable bonds is 3. The highest BCUT2D eigenvalue weighted by molar-refractivity contribution is 6.29. The van der Waals surface area contributed by atoms with E-state index in [0.717, 1.165) is 13.1 Å². The minimum absolute atomic E-state index is 0.0831. The first kappa shape index (κ1) is 16.2. The van der Waals surface area contributed by atoms with Crippen molar-refractivity contribution in [3.05, 3.63) is 27.8 Å². The molecule has 0 amide bonds. The summed E-state index contributed by atoms with van der Waals surface area (Å²) in [7, 11) is 3.35. The first-order chi connectivity index (χ1) is 11.0. The highest BCUT2D eigenvalue weighted by Gasteiger charge is 2.29. The van der Waals surface area contributed by atoms with Crippen LogP contribution in [0.5, 0.6) is 0 Å². The van der Waals surface area contributed by atoms with Crippen molar-refractivity contribution in [2.45, 2.75) is 19.0 Å². The van der Waals surface area contributed by atoms with Crippen LogP contribution in [0.4, 0.5) is 5.82 Å². The fourth-order valence-electron chi connectivity index (χ4n) is 2.94. The van der Waals surface area contributed by atoms with E-state index >= 15 is 0 Å². The molecule has 1 N–H and O–H groups in total. The number of aromatic nitrogens is 3. The number of hydrogen-bond acceptors (Lipinski definition) is 6. The predicted octanol–water partition coefficient (Wildman–Crippen LogP) is 0.795. The normalized spacial score (nSPS) is 21.8. The highest BCUT2D eigenvalue weighted by Crippen LogP contribution is 2.25. The first-order valence-corrected chi connectivity index (χ1v) is 7.91. The quantitative estimate of drug-likeness (QED) is 0.835. The molecule has 7 nitrogen and oxygen atoms in total. The molecule has 0 spiro atoms. The van der Waals surface area contributed by atoms with Crippen LogP contribution in [0.2, 0.25) is 5.15 Å². The summed E-state index contributed by atoms with van der Waals surface area (Å²) >= 11 is 6.07. The minimum Gasteiger partial charge on any atom is -0.383 e. The van der Waals surface area contributed by atoms with Crippen LogP contribution < -0.4 is 15.9 Å². The molecule has 1 fully saturated rings. The zero-order valence-corrected chi connectivity index (χ0v) is 14.2. The number of anilines is 1. The van der Waals surface area contributed by atoms with E-state index in [2.05, 4.69) is 27.1 Å². The maximum Gasteiger partial charge on any atom is 0.349 e. The molecule has 8 heteroatoms. The molecule has 23 heavy (non-hydrogen) atoms. The molecule has 0 radical (unpaired) electrons. The zero-order valence-electron chi connectivity index (χ0n) is 13.4. The number of hydrogen-bond donors (Lipinski definition) is 1. The molecule has 124 valence electrons. The molecule has 1 aliphatic rings. The Morgan fingerprint density at radius 1 is 1.43 bits per heavy atom. The molecular formula is C15H20ClN5O2. The van der Waals surface area contributed by atoms with Gasteiger partial charge in [0.25, 0.3) is 0 Å². The lowest BCUT2D eigenvalue weighted by Crippen LogP contribution is -2.58. The molecule has 0 saturated carbocycles. The summed E-state index contributed by atoms with van der Waals surface area (Å²) in [5.74, 6) is 0.570. The Balaban J connectivity index is 2.18. The molecule has 0 bridgehead atoms. The van der Waals surface area contributed by atoms with Crippen molar-refractivity contribution < 1.29 is 4.74 Å². The van der Waals surface area contributed by atoms with Gasteiger partial charge in [-0.25, -0.2) is 9.78 Å². The SMILES string of the molecule is COC[C@H]1CN[C@H](C)CN1c1nc(=O)n(C)c2ccc(Cl)nc12. The summed E-state index contributed by atoms with van der Waals surface area (Å²) < 4.78 is 6.80. The van der Waals surface area contributed by atoms with Gasteiger partial charge in [-0.15, -0.1) is 0 Å². The summed E-state index contributed by atoms with van der Waals surface area (Å²) in [5, 5.41) is 3.80.